The normalized spacial score (nSPS) is 11.8. The average molecular weight is 313 g/mol. The van der Waals surface area contributed by atoms with E-state index in [1.54, 1.807) is 17.8 Å². The number of hydrogen-bond donors (Lipinski definition) is 1. The number of aromatic nitrogens is 5. The standard InChI is InChI=1S/C13H10BClN6O/c1-21-11-10(15)9(6-19-12(11)20-13(21)14)22-8(4-16)7-5-17-2-3-18-7/h2-6H,16H2,1H3/b8-4+. The molecule has 22 heavy (non-hydrogen) atoms. The number of ether oxygens (including phenoxy) is 1. The van der Waals surface area contributed by atoms with Crippen molar-refractivity contribution >= 4 is 42.1 Å². The summed E-state index contributed by atoms with van der Waals surface area (Å²) in [5.41, 5.74) is 7.40. The lowest BCUT2D eigenvalue weighted by molar-refractivity contribution is 0.509. The first-order chi connectivity index (χ1) is 10.6. The Hall–Kier alpha value is -2.61. The van der Waals surface area contributed by atoms with Crippen molar-refractivity contribution < 1.29 is 4.74 Å². The third-order valence-corrected chi connectivity index (χ3v) is 3.39. The fraction of sp³-hybridized carbons (Fsp3) is 0.0769. The predicted molar refractivity (Wildman–Crippen MR) is 83.7 cm³/mol. The van der Waals surface area contributed by atoms with E-state index in [1.807, 2.05) is 0 Å². The van der Waals surface area contributed by atoms with E-state index in [9.17, 15) is 0 Å². The highest BCUT2D eigenvalue weighted by Gasteiger charge is 2.16. The Balaban J connectivity index is 2.04. The van der Waals surface area contributed by atoms with Crippen LogP contribution in [0.1, 0.15) is 5.69 Å². The molecule has 0 unspecified atom stereocenters. The Morgan fingerprint density at radius 3 is 2.86 bits per heavy atom. The summed E-state index contributed by atoms with van der Waals surface area (Å²) in [6, 6.07) is 0. The van der Waals surface area contributed by atoms with E-state index in [-0.39, 0.29) is 0 Å². The van der Waals surface area contributed by atoms with E-state index in [2.05, 4.69) is 19.9 Å². The van der Waals surface area contributed by atoms with Gasteiger partial charge in [-0.25, -0.2) is 15.0 Å². The molecule has 0 atom stereocenters. The number of imidazole rings is 1. The van der Waals surface area contributed by atoms with Crippen molar-refractivity contribution in [1.29, 1.82) is 0 Å². The molecule has 0 aliphatic rings. The highest BCUT2D eigenvalue weighted by Crippen LogP contribution is 2.32. The van der Waals surface area contributed by atoms with Crippen molar-refractivity contribution in [3.63, 3.8) is 0 Å². The molecule has 0 spiro atoms. The summed E-state index contributed by atoms with van der Waals surface area (Å²) in [4.78, 5) is 16.4. The van der Waals surface area contributed by atoms with Gasteiger partial charge in [0.05, 0.1) is 18.1 Å². The lowest BCUT2D eigenvalue weighted by atomic mass is 10.1. The summed E-state index contributed by atoms with van der Waals surface area (Å²) in [5, 5.41) is 0.333. The first-order valence-electron chi connectivity index (χ1n) is 6.24. The zero-order valence-electron chi connectivity index (χ0n) is 11.6. The SMILES string of the molecule is [B]c1nc2ncc(O/C(=C/N)c3cnccn3)c(Cl)c2n1C. The Labute approximate surface area is 132 Å². The predicted octanol–water partition coefficient (Wildman–Crippen LogP) is 0.542. The molecule has 3 aromatic heterocycles. The van der Waals surface area contributed by atoms with Crippen LogP contribution in [-0.4, -0.2) is 32.3 Å². The van der Waals surface area contributed by atoms with Crippen LogP contribution in [0.25, 0.3) is 16.9 Å². The largest absolute Gasteiger partial charge is 0.450 e. The van der Waals surface area contributed by atoms with Gasteiger partial charge in [0.25, 0.3) is 0 Å². The molecule has 0 saturated carbocycles. The van der Waals surface area contributed by atoms with Gasteiger partial charge >= 0.3 is 0 Å². The van der Waals surface area contributed by atoms with Crippen LogP contribution >= 0.6 is 11.6 Å². The van der Waals surface area contributed by atoms with Crippen LogP contribution < -0.4 is 16.2 Å². The zero-order valence-corrected chi connectivity index (χ0v) is 12.3. The molecule has 2 radical (unpaired) electrons. The van der Waals surface area contributed by atoms with Gasteiger partial charge in [-0.15, -0.1) is 0 Å². The quantitative estimate of drug-likeness (QED) is 0.560. The number of rotatable bonds is 3. The third-order valence-electron chi connectivity index (χ3n) is 3.03. The van der Waals surface area contributed by atoms with Gasteiger partial charge in [-0.05, 0) is 0 Å². The molecule has 0 fully saturated rings. The van der Waals surface area contributed by atoms with Gasteiger partial charge in [-0.1, -0.05) is 11.6 Å². The lowest BCUT2D eigenvalue weighted by Crippen LogP contribution is -2.15. The zero-order chi connectivity index (χ0) is 15.7. The van der Waals surface area contributed by atoms with Crippen LogP contribution in [-0.2, 0) is 7.05 Å². The minimum Gasteiger partial charge on any atom is -0.450 e. The molecule has 108 valence electrons. The summed E-state index contributed by atoms with van der Waals surface area (Å²) >= 11 is 6.36. The van der Waals surface area contributed by atoms with Gasteiger partial charge < -0.3 is 15.0 Å². The van der Waals surface area contributed by atoms with Gasteiger partial charge in [0, 0.05) is 25.6 Å². The molecule has 0 bridgehead atoms. The van der Waals surface area contributed by atoms with Crippen molar-refractivity contribution in [1.82, 2.24) is 24.5 Å². The van der Waals surface area contributed by atoms with E-state index >= 15 is 0 Å². The number of aryl methyl sites for hydroxylation is 1. The second-order valence-electron chi connectivity index (χ2n) is 4.36. The van der Waals surface area contributed by atoms with Crippen LogP contribution in [0.5, 0.6) is 5.75 Å². The van der Waals surface area contributed by atoms with Crippen molar-refractivity contribution in [3.8, 4) is 5.75 Å². The first kappa shape index (κ1) is 14.3. The highest BCUT2D eigenvalue weighted by atomic mass is 35.5. The Morgan fingerprint density at radius 2 is 2.18 bits per heavy atom. The van der Waals surface area contributed by atoms with Crippen molar-refractivity contribution in [2.45, 2.75) is 0 Å². The van der Waals surface area contributed by atoms with Gasteiger partial charge in [0.15, 0.2) is 25.0 Å². The molecule has 0 amide bonds. The molecule has 0 saturated heterocycles. The molecule has 0 aromatic carbocycles. The minimum atomic E-state index is 0.310. The van der Waals surface area contributed by atoms with E-state index in [0.29, 0.717) is 39.1 Å². The molecule has 2 N–H and O–H groups in total. The van der Waals surface area contributed by atoms with Gasteiger partial charge in [-0.2, -0.15) is 0 Å². The fourth-order valence-electron chi connectivity index (χ4n) is 1.92. The topological polar surface area (TPSA) is 91.7 Å². The average Bonchev–Trinajstić information content (AvgIpc) is 2.83. The molecular formula is C13H10BClN6O. The number of pyridine rings is 1. The van der Waals surface area contributed by atoms with Crippen molar-refractivity contribution in [3.05, 3.63) is 41.7 Å². The van der Waals surface area contributed by atoms with Crippen LogP contribution in [0.4, 0.5) is 0 Å². The molecule has 7 nitrogen and oxygen atoms in total. The van der Waals surface area contributed by atoms with E-state index in [0.717, 1.165) is 0 Å². The molecule has 0 aliphatic carbocycles. The number of fused-ring (bicyclic) bond motifs is 1. The number of hydrogen-bond acceptors (Lipinski definition) is 6. The van der Waals surface area contributed by atoms with Crippen molar-refractivity contribution in [2.75, 3.05) is 0 Å². The molecular weight excluding hydrogens is 302 g/mol. The lowest BCUT2D eigenvalue weighted by Gasteiger charge is -2.10. The maximum absolute atomic E-state index is 6.36. The van der Waals surface area contributed by atoms with Gasteiger partial charge in [0.2, 0.25) is 0 Å². The summed E-state index contributed by atoms with van der Waals surface area (Å²) in [6.45, 7) is 0. The van der Waals surface area contributed by atoms with Gasteiger partial charge in [0.1, 0.15) is 16.2 Å². The number of nitrogens with two attached hydrogens (primary N) is 1. The second-order valence-corrected chi connectivity index (χ2v) is 4.74. The molecule has 3 heterocycles. The summed E-state index contributed by atoms with van der Waals surface area (Å²) < 4.78 is 7.34. The second kappa shape index (κ2) is 5.65. The monoisotopic (exact) mass is 312 g/mol. The van der Waals surface area contributed by atoms with Crippen LogP contribution in [0.2, 0.25) is 5.02 Å². The maximum Gasteiger partial charge on any atom is 0.178 e. The van der Waals surface area contributed by atoms with Gasteiger partial charge in [-0.3, -0.25) is 4.98 Å². The molecule has 3 aromatic rings. The molecule has 0 aliphatic heterocycles. The smallest absolute Gasteiger partial charge is 0.178 e. The van der Waals surface area contributed by atoms with Crippen LogP contribution in [0, 0.1) is 0 Å². The third kappa shape index (κ3) is 2.37. The summed E-state index contributed by atoms with van der Waals surface area (Å²) in [6.07, 6.45) is 7.35. The minimum absolute atomic E-state index is 0.310. The Bertz CT molecular complexity index is 864. The Kier molecular flexibility index (Phi) is 3.68. The number of halogens is 1. The van der Waals surface area contributed by atoms with E-state index < -0.39 is 0 Å². The fourth-order valence-corrected chi connectivity index (χ4v) is 2.22. The maximum atomic E-state index is 6.36. The number of nitrogens with zero attached hydrogens (tertiary/aromatic N) is 5. The first-order valence-corrected chi connectivity index (χ1v) is 6.62. The molecule has 9 heteroatoms. The van der Waals surface area contributed by atoms with Crippen LogP contribution in [0.3, 0.4) is 0 Å². The van der Waals surface area contributed by atoms with Crippen LogP contribution in [0.15, 0.2) is 31.0 Å². The van der Waals surface area contributed by atoms with E-state index in [1.165, 1.54) is 24.8 Å². The highest BCUT2D eigenvalue weighted by molar-refractivity contribution is 6.37. The molecule has 3 rings (SSSR count). The summed E-state index contributed by atoms with van der Waals surface area (Å²) in [7, 11) is 7.49. The van der Waals surface area contributed by atoms with E-state index in [4.69, 9.17) is 29.9 Å². The summed E-state index contributed by atoms with van der Waals surface area (Å²) in [5.74, 6) is 0.630. The Morgan fingerprint density at radius 1 is 1.36 bits per heavy atom. The van der Waals surface area contributed by atoms with Crippen molar-refractivity contribution in [2.24, 2.45) is 12.8 Å².